The summed E-state index contributed by atoms with van der Waals surface area (Å²) in [5.41, 5.74) is 0.00234. The molecule has 1 aromatic rings. The zero-order chi connectivity index (χ0) is 17.7. The van der Waals surface area contributed by atoms with Gasteiger partial charge in [0.05, 0.1) is 5.56 Å². The first-order chi connectivity index (χ1) is 12.1. The first-order valence-electron chi connectivity index (χ1n) is 9.02. The second kappa shape index (κ2) is 8.41. The van der Waals surface area contributed by atoms with Gasteiger partial charge in [-0.2, -0.15) is 11.8 Å². The summed E-state index contributed by atoms with van der Waals surface area (Å²) in [5, 5.41) is 0. The number of hydrogen-bond acceptors (Lipinski definition) is 5. The Labute approximate surface area is 153 Å². The Kier molecular flexibility index (Phi) is 6.23. The van der Waals surface area contributed by atoms with Gasteiger partial charge >= 0.3 is 5.97 Å². The van der Waals surface area contributed by atoms with E-state index in [0.29, 0.717) is 12.2 Å². The molecule has 0 atom stereocenters. The fourth-order valence-corrected chi connectivity index (χ4v) is 4.35. The van der Waals surface area contributed by atoms with Crippen LogP contribution in [0.4, 0.5) is 4.39 Å². The van der Waals surface area contributed by atoms with Crippen molar-refractivity contribution in [3.8, 4) is 5.75 Å². The van der Waals surface area contributed by atoms with Crippen molar-refractivity contribution in [1.82, 2.24) is 4.90 Å². The van der Waals surface area contributed by atoms with Crippen molar-refractivity contribution in [2.75, 3.05) is 37.7 Å². The molecule has 1 aliphatic carbocycles. The molecule has 6 heteroatoms. The number of halogens is 1. The lowest BCUT2D eigenvalue weighted by Gasteiger charge is -2.26. The fraction of sp³-hybridized carbons (Fsp3) is 0.632. The van der Waals surface area contributed by atoms with Crippen molar-refractivity contribution in [3.05, 3.63) is 29.6 Å². The van der Waals surface area contributed by atoms with Gasteiger partial charge in [-0.1, -0.05) is 0 Å². The molecule has 0 N–H and O–H groups in total. The van der Waals surface area contributed by atoms with Crippen LogP contribution in [0.1, 0.15) is 43.0 Å². The number of carbonyl (C=O) groups is 1. The lowest BCUT2D eigenvalue weighted by atomic mass is 10.1. The Hall–Kier alpha value is -1.27. The Morgan fingerprint density at radius 3 is 2.72 bits per heavy atom. The number of thioether (sulfide) groups is 1. The number of ether oxygens (including phenoxy) is 2. The van der Waals surface area contributed by atoms with Crippen molar-refractivity contribution in [3.63, 3.8) is 0 Å². The molecule has 4 nitrogen and oxygen atoms in total. The molecule has 0 radical (unpaired) electrons. The zero-order valence-electron chi connectivity index (χ0n) is 14.8. The van der Waals surface area contributed by atoms with E-state index < -0.39 is 11.8 Å². The average molecular weight is 367 g/mol. The van der Waals surface area contributed by atoms with E-state index in [1.807, 2.05) is 18.7 Å². The molecule has 0 aromatic heterocycles. The smallest absolute Gasteiger partial charge is 0.338 e. The standard InChI is InChI=1S/C19H26FNO3S/c1-19(6-2-3-7-19)24-17-14-15(4-5-16(17)20)18(22)23-11-8-21-9-12-25-13-10-21/h4-5,14H,2-3,6-13H2,1H3. The molecule has 2 aliphatic rings. The summed E-state index contributed by atoms with van der Waals surface area (Å²) in [6.45, 7) is 5.18. The minimum absolute atomic E-state index is 0.145. The van der Waals surface area contributed by atoms with Crippen molar-refractivity contribution >= 4 is 17.7 Å². The van der Waals surface area contributed by atoms with Crippen LogP contribution >= 0.6 is 11.8 Å². The van der Waals surface area contributed by atoms with Gasteiger partial charge < -0.3 is 9.47 Å². The summed E-state index contributed by atoms with van der Waals surface area (Å²) in [7, 11) is 0. The first kappa shape index (κ1) is 18.5. The van der Waals surface area contributed by atoms with E-state index >= 15 is 0 Å². The molecule has 1 saturated carbocycles. The summed E-state index contributed by atoms with van der Waals surface area (Å²) in [6.07, 6.45) is 4.01. The van der Waals surface area contributed by atoms with Crippen molar-refractivity contribution in [2.45, 2.75) is 38.2 Å². The highest BCUT2D eigenvalue weighted by Gasteiger charge is 2.31. The molecular formula is C19H26FNO3S. The quantitative estimate of drug-likeness (QED) is 0.716. The fourth-order valence-electron chi connectivity index (χ4n) is 3.37. The molecule has 2 fully saturated rings. The van der Waals surface area contributed by atoms with Gasteiger partial charge in [0, 0.05) is 31.1 Å². The number of esters is 1. The van der Waals surface area contributed by atoms with E-state index in [2.05, 4.69) is 4.90 Å². The van der Waals surface area contributed by atoms with Crippen LogP contribution in [0.5, 0.6) is 5.75 Å². The second-order valence-corrected chi connectivity index (χ2v) is 8.22. The van der Waals surface area contributed by atoms with E-state index in [0.717, 1.165) is 56.8 Å². The van der Waals surface area contributed by atoms with Crippen molar-refractivity contribution in [1.29, 1.82) is 0 Å². The summed E-state index contributed by atoms with van der Waals surface area (Å²) in [6, 6.07) is 4.21. The minimum Gasteiger partial charge on any atom is -0.484 e. The largest absolute Gasteiger partial charge is 0.484 e. The number of carbonyl (C=O) groups excluding carboxylic acids is 1. The molecule has 1 heterocycles. The molecule has 0 unspecified atom stereocenters. The predicted octanol–water partition coefficient (Wildman–Crippen LogP) is 3.74. The van der Waals surface area contributed by atoms with E-state index in [1.165, 1.54) is 18.2 Å². The number of rotatable bonds is 6. The van der Waals surface area contributed by atoms with Gasteiger partial charge in [-0.15, -0.1) is 0 Å². The third-order valence-electron chi connectivity index (χ3n) is 4.93. The third-order valence-corrected chi connectivity index (χ3v) is 5.87. The average Bonchev–Trinajstić information content (AvgIpc) is 3.04. The number of nitrogens with zero attached hydrogens (tertiary/aromatic N) is 1. The summed E-state index contributed by atoms with van der Waals surface area (Å²) < 4.78 is 25.3. The maximum Gasteiger partial charge on any atom is 0.338 e. The normalized spacial score (nSPS) is 20.4. The Morgan fingerprint density at radius 2 is 2.00 bits per heavy atom. The van der Waals surface area contributed by atoms with Crippen LogP contribution < -0.4 is 4.74 Å². The van der Waals surface area contributed by atoms with Crippen LogP contribution in [0.25, 0.3) is 0 Å². The van der Waals surface area contributed by atoms with Gasteiger partial charge in [0.15, 0.2) is 11.6 Å². The summed E-state index contributed by atoms with van der Waals surface area (Å²) in [5.74, 6) is 1.55. The van der Waals surface area contributed by atoms with E-state index in [9.17, 15) is 9.18 Å². The maximum atomic E-state index is 14.1. The molecule has 1 aromatic carbocycles. The van der Waals surface area contributed by atoms with Crippen LogP contribution in [0, 0.1) is 5.82 Å². The molecule has 1 saturated heterocycles. The molecule has 0 amide bonds. The summed E-state index contributed by atoms with van der Waals surface area (Å²) in [4.78, 5) is 14.5. The van der Waals surface area contributed by atoms with Crippen LogP contribution in [0.15, 0.2) is 18.2 Å². The minimum atomic E-state index is -0.435. The number of hydrogen-bond donors (Lipinski definition) is 0. The topological polar surface area (TPSA) is 38.8 Å². The highest BCUT2D eigenvalue weighted by atomic mass is 32.2. The van der Waals surface area contributed by atoms with Crippen LogP contribution in [-0.2, 0) is 4.74 Å². The molecule has 3 rings (SSSR count). The van der Waals surface area contributed by atoms with Gasteiger partial charge in [0.25, 0.3) is 0 Å². The van der Waals surface area contributed by atoms with E-state index in [1.54, 1.807) is 0 Å². The SMILES string of the molecule is CC1(Oc2cc(C(=O)OCCN3CCSCC3)ccc2F)CCCC1. The van der Waals surface area contributed by atoms with Gasteiger partial charge in [0.1, 0.15) is 12.2 Å². The van der Waals surface area contributed by atoms with E-state index in [4.69, 9.17) is 9.47 Å². The molecule has 0 spiro atoms. The lowest BCUT2D eigenvalue weighted by molar-refractivity contribution is 0.0463. The van der Waals surface area contributed by atoms with Gasteiger partial charge in [-0.25, -0.2) is 9.18 Å². The number of benzene rings is 1. The predicted molar refractivity (Wildman–Crippen MR) is 97.9 cm³/mol. The molecule has 25 heavy (non-hydrogen) atoms. The van der Waals surface area contributed by atoms with Gasteiger partial charge in [0.2, 0.25) is 0 Å². The highest BCUT2D eigenvalue weighted by molar-refractivity contribution is 7.99. The second-order valence-electron chi connectivity index (χ2n) is 6.99. The first-order valence-corrected chi connectivity index (χ1v) is 10.2. The van der Waals surface area contributed by atoms with Gasteiger partial charge in [-0.05, 0) is 50.8 Å². The highest BCUT2D eigenvalue weighted by Crippen LogP contribution is 2.35. The summed E-state index contributed by atoms with van der Waals surface area (Å²) >= 11 is 1.95. The monoisotopic (exact) mass is 367 g/mol. The molecule has 0 bridgehead atoms. The van der Waals surface area contributed by atoms with Crippen LogP contribution in [0.3, 0.4) is 0 Å². The van der Waals surface area contributed by atoms with Crippen LogP contribution in [0.2, 0.25) is 0 Å². The Morgan fingerprint density at radius 1 is 1.28 bits per heavy atom. The molecule has 1 aliphatic heterocycles. The van der Waals surface area contributed by atoms with Crippen molar-refractivity contribution in [2.24, 2.45) is 0 Å². The van der Waals surface area contributed by atoms with Gasteiger partial charge in [-0.3, -0.25) is 4.90 Å². The molecule has 138 valence electrons. The Bertz CT molecular complexity index is 598. The van der Waals surface area contributed by atoms with E-state index in [-0.39, 0.29) is 11.4 Å². The lowest BCUT2D eigenvalue weighted by Crippen LogP contribution is -2.35. The maximum absolute atomic E-state index is 14.1. The van der Waals surface area contributed by atoms with Crippen molar-refractivity contribution < 1.29 is 18.7 Å². The molecular weight excluding hydrogens is 341 g/mol. The zero-order valence-corrected chi connectivity index (χ0v) is 15.6. The van der Waals surface area contributed by atoms with Crippen LogP contribution in [-0.4, -0.2) is 54.2 Å². The Balaban J connectivity index is 1.55. The third kappa shape index (κ3) is 5.11.